The molecule has 0 amide bonds. The highest BCUT2D eigenvalue weighted by Crippen LogP contribution is 2.27. The molecule has 0 aromatic heterocycles. The van der Waals surface area contributed by atoms with E-state index in [1.807, 2.05) is 0 Å². The summed E-state index contributed by atoms with van der Waals surface area (Å²) in [7, 11) is 0. The number of carboxylic acid groups (broad SMARTS) is 1. The number of halogens is 3. The second kappa shape index (κ2) is 5.12. The summed E-state index contributed by atoms with van der Waals surface area (Å²) < 4.78 is 40.1. The van der Waals surface area contributed by atoms with Crippen molar-refractivity contribution in [3.63, 3.8) is 0 Å². The summed E-state index contributed by atoms with van der Waals surface area (Å²) in [6, 6.07) is 5.03. The average molecular weight is 282 g/mol. The van der Waals surface area contributed by atoms with Gasteiger partial charge in [0.05, 0.1) is 16.9 Å². The van der Waals surface area contributed by atoms with Crippen LogP contribution in [-0.4, -0.2) is 11.1 Å². The van der Waals surface area contributed by atoms with Gasteiger partial charge in [0.25, 0.3) is 0 Å². The molecule has 0 unspecified atom stereocenters. The fourth-order valence-corrected chi connectivity index (χ4v) is 1.62. The van der Waals surface area contributed by atoms with Gasteiger partial charge in [-0.2, -0.15) is 0 Å². The Balaban J connectivity index is 2.46. The molecule has 0 heterocycles. The largest absolute Gasteiger partial charge is 0.478 e. The smallest absolute Gasteiger partial charge is 0.337 e. The third-order valence-electron chi connectivity index (χ3n) is 2.59. The Bertz CT molecular complexity index is 690. The number of aromatic carboxylic acids is 1. The van der Waals surface area contributed by atoms with Gasteiger partial charge in [-0.25, -0.2) is 18.0 Å². The van der Waals surface area contributed by atoms with Crippen molar-refractivity contribution in [2.75, 3.05) is 11.1 Å². The standard InChI is InChI=1S/C13H9F3N2O2/c14-7-2-1-3-10(12(7)16)18-11-4-6(13(19)20)9(17)5-8(11)15/h1-5,18H,17H2,(H,19,20). The second-order valence-electron chi connectivity index (χ2n) is 3.95. The molecule has 0 bridgehead atoms. The first kappa shape index (κ1) is 13.7. The van der Waals surface area contributed by atoms with Gasteiger partial charge in [0.15, 0.2) is 11.6 Å². The molecule has 2 rings (SSSR count). The van der Waals surface area contributed by atoms with Crippen molar-refractivity contribution in [1.82, 2.24) is 0 Å². The van der Waals surface area contributed by atoms with Crippen molar-refractivity contribution in [2.24, 2.45) is 0 Å². The molecular formula is C13H9F3N2O2. The van der Waals surface area contributed by atoms with Gasteiger partial charge in [0, 0.05) is 5.69 Å². The first-order valence-corrected chi connectivity index (χ1v) is 5.43. The van der Waals surface area contributed by atoms with Crippen LogP contribution in [0.25, 0.3) is 0 Å². The first-order valence-electron chi connectivity index (χ1n) is 5.43. The van der Waals surface area contributed by atoms with Crippen LogP contribution < -0.4 is 11.1 Å². The number of carbonyl (C=O) groups is 1. The van der Waals surface area contributed by atoms with E-state index in [9.17, 15) is 18.0 Å². The molecule has 0 aliphatic carbocycles. The SMILES string of the molecule is Nc1cc(F)c(Nc2cccc(F)c2F)cc1C(=O)O. The molecule has 0 fully saturated rings. The molecule has 2 aromatic rings. The molecule has 4 nitrogen and oxygen atoms in total. The Morgan fingerprint density at radius 1 is 1.10 bits per heavy atom. The van der Waals surface area contributed by atoms with E-state index < -0.39 is 23.4 Å². The van der Waals surface area contributed by atoms with Crippen LogP contribution in [0.3, 0.4) is 0 Å². The van der Waals surface area contributed by atoms with E-state index in [0.717, 1.165) is 18.2 Å². The zero-order valence-electron chi connectivity index (χ0n) is 9.95. The van der Waals surface area contributed by atoms with Gasteiger partial charge in [-0.05, 0) is 24.3 Å². The molecule has 0 radical (unpaired) electrons. The minimum absolute atomic E-state index is 0.264. The van der Waals surface area contributed by atoms with E-state index >= 15 is 0 Å². The number of hydrogen-bond acceptors (Lipinski definition) is 3. The van der Waals surface area contributed by atoms with E-state index in [1.54, 1.807) is 0 Å². The number of anilines is 3. The average Bonchev–Trinajstić information content (AvgIpc) is 2.37. The van der Waals surface area contributed by atoms with Gasteiger partial charge in [0.2, 0.25) is 0 Å². The van der Waals surface area contributed by atoms with E-state index in [-0.39, 0.29) is 22.6 Å². The second-order valence-corrected chi connectivity index (χ2v) is 3.95. The number of nitrogen functional groups attached to an aromatic ring is 1. The van der Waals surface area contributed by atoms with E-state index in [2.05, 4.69) is 5.32 Å². The number of nitrogens with two attached hydrogens (primary N) is 1. The molecule has 104 valence electrons. The number of carboxylic acids is 1. The van der Waals surface area contributed by atoms with Crippen molar-refractivity contribution in [2.45, 2.75) is 0 Å². The summed E-state index contributed by atoms with van der Waals surface area (Å²) >= 11 is 0. The van der Waals surface area contributed by atoms with Crippen LogP contribution in [0, 0.1) is 17.5 Å². The minimum Gasteiger partial charge on any atom is -0.478 e. The zero-order chi connectivity index (χ0) is 14.9. The molecule has 0 saturated heterocycles. The summed E-state index contributed by atoms with van der Waals surface area (Å²) in [5, 5.41) is 11.2. The Kier molecular flexibility index (Phi) is 3.51. The number of benzene rings is 2. The quantitative estimate of drug-likeness (QED) is 0.756. The summed E-state index contributed by atoms with van der Waals surface area (Å²) in [5.41, 5.74) is 4.12. The predicted octanol–water partition coefficient (Wildman–Crippen LogP) is 3.13. The van der Waals surface area contributed by atoms with Crippen molar-refractivity contribution < 1.29 is 23.1 Å². The molecule has 0 aliphatic rings. The van der Waals surface area contributed by atoms with Crippen LogP contribution in [0.4, 0.5) is 30.2 Å². The number of hydrogen-bond donors (Lipinski definition) is 3. The highest BCUT2D eigenvalue weighted by molar-refractivity contribution is 5.95. The topological polar surface area (TPSA) is 75.3 Å². The Hall–Kier alpha value is -2.70. The molecule has 0 spiro atoms. The third kappa shape index (κ3) is 2.51. The van der Waals surface area contributed by atoms with Crippen LogP contribution in [0.15, 0.2) is 30.3 Å². The molecule has 0 saturated carbocycles. The lowest BCUT2D eigenvalue weighted by Gasteiger charge is -2.11. The molecule has 20 heavy (non-hydrogen) atoms. The highest BCUT2D eigenvalue weighted by Gasteiger charge is 2.15. The summed E-state index contributed by atoms with van der Waals surface area (Å²) in [5.74, 6) is -4.54. The maximum Gasteiger partial charge on any atom is 0.337 e. The van der Waals surface area contributed by atoms with Crippen molar-refractivity contribution in [3.8, 4) is 0 Å². The van der Waals surface area contributed by atoms with Crippen LogP contribution >= 0.6 is 0 Å². The van der Waals surface area contributed by atoms with Crippen LogP contribution in [-0.2, 0) is 0 Å². The van der Waals surface area contributed by atoms with Gasteiger partial charge in [-0.1, -0.05) is 6.07 Å². The molecule has 4 N–H and O–H groups in total. The Morgan fingerprint density at radius 2 is 1.80 bits per heavy atom. The van der Waals surface area contributed by atoms with E-state index in [1.165, 1.54) is 12.1 Å². The van der Waals surface area contributed by atoms with Crippen LogP contribution in [0.1, 0.15) is 10.4 Å². The van der Waals surface area contributed by atoms with E-state index in [4.69, 9.17) is 10.8 Å². The Labute approximate surface area is 111 Å². The van der Waals surface area contributed by atoms with Gasteiger partial charge in [-0.15, -0.1) is 0 Å². The summed E-state index contributed by atoms with van der Waals surface area (Å²) in [6.45, 7) is 0. The molecule has 0 aliphatic heterocycles. The van der Waals surface area contributed by atoms with E-state index in [0.29, 0.717) is 0 Å². The highest BCUT2D eigenvalue weighted by atomic mass is 19.2. The number of nitrogens with one attached hydrogen (secondary N) is 1. The van der Waals surface area contributed by atoms with Gasteiger partial charge in [0.1, 0.15) is 5.82 Å². The monoisotopic (exact) mass is 282 g/mol. The Morgan fingerprint density at radius 3 is 2.45 bits per heavy atom. The molecule has 0 atom stereocenters. The maximum atomic E-state index is 13.7. The zero-order valence-corrected chi connectivity index (χ0v) is 9.95. The maximum absolute atomic E-state index is 13.7. The number of rotatable bonds is 3. The lowest BCUT2D eigenvalue weighted by atomic mass is 10.1. The lowest BCUT2D eigenvalue weighted by Crippen LogP contribution is -2.06. The molecular weight excluding hydrogens is 273 g/mol. The van der Waals surface area contributed by atoms with Crippen molar-refractivity contribution in [3.05, 3.63) is 53.3 Å². The van der Waals surface area contributed by atoms with Crippen LogP contribution in [0.2, 0.25) is 0 Å². The summed E-state index contributed by atoms with van der Waals surface area (Å²) in [4.78, 5) is 10.9. The lowest BCUT2D eigenvalue weighted by molar-refractivity contribution is 0.0698. The van der Waals surface area contributed by atoms with Crippen molar-refractivity contribution >= 4 is 23.0 Å². The van der Waals surface area contributed by atoms with Crippen molar-refractivity contribution in [1.29, 1.82) is 0 Å². The summed E-state index contributed by atoms with van der Waals surface area (Å²) in [6.07, 6.45) is 0. The fourth-order valence-electron chi connectivity index (χ4n) is 1.62. The normalized spacial score (nSPS) is 10.3. The molecule has 2 aromatic carbocycles. The van der Waals surface area contributed by atoms with Crippen LogP contribution in [0.5, 0.6) is 0 Å². The predicted molar refractivity (Wildman–Crippen MR) is 67.4 cm³/mol. The van der Waals surface area contributed by atoms with Gasteiger partial charge in [-0.3, -0.25) is 0 Å². The van der Waals surface area contributed by atoms with Gasteiger partial charge < -0.3 is 16.2 Å². The minimum atomic E-state index is -1.36. The third-order valence-corrected chi connectivity index (χ3v) is 2.59. The molecule has 7 heteroatoms. The van der Waals surface area contributed by atoms with Gasteiger partial charge >= 0.3 is 5.97 Å². The first-order chi connectivity index (χ1) is 9.40. The fraction of sp³-hybridized carbons (Fsp3) is 0.